The van der Waals surface area contributed by atoms with Crippen molar-refractivity contribution in [3.8, 4) is 0 Å². The van der Waals surface area contributed by atoms with Crippen LogP contribution in [-0.4, -0.2) is 0 Å². The van der Waals surface area contributed by atoms with E-state index in [4.69, 9.17) is 10.2 Å². The fraction of sp³-hybridized carbons (Fsp3) is 0.667. The zero-order valence-electron chi connectivity index (χ0n) is 8.61. The Morgan fingerprint density at radius 2 is 1.93 bits per heavy atom. The van der Waals surface area contributed by atoms with Crippen LogP contribution in [0, 0.1) is 5.92 Å². The van der Waals surface area contributed by atoms with Crippen LogP contribution < -0.4 is 5.73 Å². The molecular weight excluding hydrogens is 174 g/mol. The van der Waals surface area contributed by atoms with Gasteiger partial charge in [0.1, 0.15) is 5.76 Å². The fourth-order valence-electron chi connectivity index (χ4n) is 2.38. The first-order valence-corrected chi connectivity index (χ1v) is 5.67. The minimum Gasteiger partial charge on any atom is -0.468 e. The molecule has 1 atom stereocenters. The standard InChI is InChI=1S/C12H19NO/c13-12(11-8-5-9-14-11)10-6-3-1-2-4-7-10/h5,8-10,12H,1-4,6-7,13H2/t12-/m1/s1. The summed E-state index contributed by atoms with van der Waals surface area (Å²) in [5.74, 6) is 1.58. The molecule has 1 heterocycles. The van der Waals surface area contributed by atoms with E-state index >= 15 is 0 Å². The molecule has 78 valence electrons. The van der Waals surface area contributed by atoms with Crippen molar-refractivity contribution in [2.45, 2.75) is 44.6 Å². The van der Waals surface area contributed by atoms with Crippen molar-refractivity contribution in [2.75, 3.05) is 0 Å². The Bertz CT molecular complexity index is 247. The summed E-state index contributed by atoms with van der Waals surface area (Å²) in [7, 11) is 0. The summed E-state index contributed by atoms with van der Waals surface area (Å²) < 4.78 is 5.36. The van der Waals surface area contributed by atoms with Gasteiger partial charge in [0.05, 0.1) is 12.3 Å². The average molecular weight is 193 g/mol. The second-order valence-corrected chi connectivity index (χ2v) is 4.29. The van der Waals surface area contributed by atoms with Crippen molar-refractivity contribution in [1.82, 2.24) is 0 Å². The van der Waals surface area contributed by atoms with E-state index in [9.17, 15) is 0 Å². The summed E-state index contributed by atoms with van der Waals surface area (Å²) in [6.07, 6.45) is 9.66. The van der Waals surface area contributed by atoms with Gasteiger partial charge in [-0.15, -0.1) is 0 Å². The predicted molar refractivity (Wildman–Crippen MR) is 56.8 cm³/mol. The van der Waals surface area contributed by atoms with Gasteiger partial charge in [0.25, 0.3) is 0 Å². The number of hydrogen-bond donors (Lipinski definition) is 1. The van der Waals surface area contributed by atoms with Gasteiger partial charge in [-0.25, -0.2) is 0 Å². The summed E-state index contributed by atoms with van der Waals surface area (Å²) >= 11 is 0. The van der Waals surface area contributed by atoms with Crippen molar-refractivity contribution in [2.24, 2.45) is 11.7 Å². The molecule has 1 aliphatic carbocycles. The van der Waals surface area contributed by atoms with Crippen LogP contribution in [0.1, 0.15) is 50.3 Å². The van der Waals surface area contributed by atoms with Crippen LogP contribution in [0.2, 0.25) is 0 Å². The molecule has 0 aliphatic heterocycles. The van der Waals surface area contributed by atoms with E-state index in [2.05, 4.69) is 0 Å². The van der Waals surface area contributed by atoms with Crippen LogP contribution in [0.25, 0.3) is 0 Å². The highest BCUT2D eigenvalue weighted by Crippen LogP contribution is 2.31. The maximum absolute atomic E-state index is 6.19. The molecule has 1 aromatic heterocycles. The molecule has 0 spiro atoms. The van der Waals surface area contributed by atoms with Gasteiger partial charge in [-0.1, -0.05) is 25.7 Å². The number of hydrogen-bond acceptors (Lipinski definition) is 2. The number of furan rings is 1. The smallest absolute Gasteiger partial charge is 0.120 e. The van der Waals surface area contributed by atoms with Crippen molar-refractivity contribution in [3.05, 3.63) is 24.2 Å². The molecule has 0 bridgehead atoms. The predicted octanol–water partition coefficient (Wildman–Crippen LogP) is 3.25. The van der Waals surface area contributed by atoms with Gasteiger partial charge >= 0.3 is 0 Å². The molecule has 1 aromatic rings. The molecule has 1 saturated carbocycles. The highest BCUT2D eigenvalue weighted by Gasteiger charge is 2.22. The van der Waals surface area contributed by atoms with E-state index in [-0.39, 0.29) is 6.04 Å². The molecule has 0 radical (unpaired) electrons. The molecule has 2 rings (SSSR count). The quantitative estimate of drug-likeness (QED) is 0.732. The van der Waals surface area contributed by atoms with E-state index in [1.54, 1.807) is 6.26 Å². The highest BCUT2D eigenvalue weighted by atomic mass is 16.3. The molecule has 1 fully saturated rings. The van der Waals surface area contributed by atoms with E-state index in [0.717, 1.165) is 5.76 Å². The number of nitrogens with two attached hydrogens (primary N) is 1. The normalized spacial score (nSPS) is 21.8. The van der Waals surface area contributed by atoms with Crippen molar-refractivity contribution >= 4 is 0 Å². The summed E-state index contributed by atoms with van der Waals surface area (Å²) in [5, 5.41) is 0. The lowest BCUT2D eigenvalue weighted by Gasteiger charge is -2.20. The zero-order chi connectivity index (χ0) is 9.80. The Hall–Kier alpha value is -0.760. The lowest BCUT2D eigenvalue weighted by molar-refractivity contribution is 0.332. The molecule has 2 nitrogen and oxygen atoms in total. The Labute approximate surface area is 85.5 Å². The van der Waals surface area contributed by atoms with Gasteiger partial charge in [0, 0.05) is 0 Å². The topological polar surface area (TPSA) is 39.2 Å². The molecule has 0 amide bonds. The maximum atomic E-state index is 6.19. The Kier molecular flexibility index (Phi) is 3.25. The van der Waals surface area contributed by atoms with Crippen LogP contribution >= 0.6 is 0 Å². The number of rotatable bonds is 2. The first-order valence-electron chi connectivity index (χ1n) is 5.67. The Morgan fingerprint density at radius 1 is 1.21 bits per heavy atom. The van der Waals surface area contributed by atoms with Gasteiger partial charge in [-0.3, -0.25) is 0 Å². The third-order valence-electron chi connectivity index (χ3n) is 3.28. The van der Waals surface area contributed by atoms with Crippen molar-refractivity contribution in [3.63, 3.8) is 0 Å². The maximum Gasteiger partial charge on any atom is 0.120 e. The van der Waals surface area contributed by atoms with Crippen LogP contribution in [0.4, 0.5) is 0 Å². The van der Waals surface area contributed by atoms with Crippen LogP contribution in [-0.2, 0) is 0 Å². The average Bonchev–Trinajstić information content (AvgIpc) is 2.59. The van der Waals surface area contributed by atoms with E-state index in [0.29, 0.717) is 5.92 Å². The lowest BCUT2D eigenvalue weighted by atomic mass is 9.91. The van der Waals surface area contributed by atoms with Gasteiger partial charge in [0.2, 0.25) is 0 Å². The second-order valence-electron chi connectivity index (χ2n) is 4.29. The molecule has 1 aliphatic rings. The lowest BCUT2D eigenvalue weighted by Crippen LogP contribution is -2.20. The van der Waals surface area contributed by atoms with Crippen LogP contribution in [0.5, 0.6) is 0 Å². The van der Waals surface area contributed by atoms with Gasteiger partial charge < -0.3 is 10.2 Å². The Morgan fingerprint density at radius 3 is 2.50 bits per heavy atom. The zero-order valence-corrected chi connectivity index (χ0v) is 8.61. The Balaban J connectivity index is 1.99. The minimum atomic E-state index is 0.114. The van der Waals surface area contributed by atoms with E-state index in [1.807, 2.05) is 12.1 Å². The first-order chi connectivity index (χ1) is 6.88. The van der Waals surface area contributed by atoms with E-state index in [1.165, 1.54) is 38.5 Å². The largest absolute Gasteiger partial charge is 0.468 e. The minimum absolute atomic E-state index is 0.114. The van der Waals surface area contributed by atoms with Crippen molar-refractivity contribution in [1.29, 1.82) is 0 Å². The molecule has 0 unspecified atom stereocenters. The van der Waals surface area contributed by atoms with Crippen LogP contribution in [0.3, 0.4) is 0 Å². The summed E-state index contributed by atoms with van der Waals surface area (Å²) in [6, 6.07) is 4.03. The van der Waals surface area contributed by atoms with Gasteiger partial charge in [-0.2, -0.15) is 0 Å². The monoisotopic (exact) mass is 193 g/mol. The second kappa shape index (κ2) is 4.65. The van der Waals surface area contributed by atoms with Crippen molar-refractivity contribution < 1.29 is 4.42 Å². The molecule has 14 heavy (non-hydrogen) atoms. The van der Waals surface area contributed by atoms with Gasteiger partial charge in [-0.05, 0) is 30.9 Å². The molecule has 0 saturated heterocycles. The summed E-state index contributed by atoms with van der Waals surface area (Å²) in [5.41, 5.74) is 6.19. The third kappa shape index (κ3) is 2.18. The third-order valence-corrected chi connectivity index (χ3v) is 3.28. The molecule has 2 heteroatoms. The molecule has 2 N–H and O–H groups in total. The molecule has 0 aromatic carbocycles. The SMILES string of the molecule is N[C@@H](c1ccco1)C1CCCCCC1. The van der Waals surface area contributed by atoms with Crippen LogP contribution in [0.15, 0.2) is 22.8 Å². The van der Waals surface area contributed by atoms with E-state index < -0.39 is 0 Å². The first kappa shape index (κ1) is 9.78. The summed E-state index contributed by atoms with van der Waals surface area (Å²) in [4.78, 5) is 0. The summed E-state index contributed by atoms with van der Waals surface area (Å²) in [6.45, 7) is 0. The fourth-order valence-corrected chi connectivity index (χ4v) is 2.38. The molecular formula is C12H19NO. The van der Waals surface area contributed by atoms with Gasteiger partial charge in [0.15, 0.2) is 0 Å². The highest BCUT2D eigenvalue weighted by molar-refractivity contribution is 5.05.